The molecule has 0 fully saturated rings. The van der Waals surface area contributed by atoms with E-state index >= 15 is 8.78 Å². The molecule has 0 aliphatic carbocycles. The highest BCUT2D eigenvalue weighted by Crippen LogP contribution is 2.40. The number of pyridine rings is 1. The number of rotatable bonds is 6. The van der Waals surface area contributed by atoms with Gasteiger partial charge in [0, 0.05) is 46.8 Å². The second-order valence-electron chi connectivity index (χ2n) is 8.93. The van der Waals surface area contributed by atoms with E-state index in [0.717, 1.165) is 12.1 Å². The Balaban J connectivity index is 1.46. The summed E-state index contributed by atoms with van der Waals surface area (Å²) in [7, 11) is 1.36. The minimum atomic E-state index is -0.978. The van der Waals surface area contributed by atoms with Crippen LogP contribution in [0, 0.1) is 22.9 Å². The number of amidine groups is 1. The van der Waals surface area contributed by atoms with Crippen LogP contribution in [0.25, 0.3) is 22.2 Å². The van der Waals surface area contributed by atoms with Crippen LogP contribution in [0.2, 0.25) is 0 Å². The highest BCUT2D eigenvalue weighted by atomic mass is 19.1. The van der Waals surface area contributed by atoms with Crippen molar-refractivity contribution in [2.45, 2.75) is 6.92 Å². The van der Waals surface area contributed by atoms with Gasteiger partial charge in [0.25, 0.3) is 6.02 Å². The second-order valence-corrected chi connectivity index (χ2v) is 8.93. The van der Waals surface area contributed by atoms with Crippen LogP contribution < -0.4 is 14.8 Å². The fourth-order valence-corrected chi connectivity index (χ4v) is 3.93. The molecule has 1 aliphatic heterocycles. The van der Waals surface area contributed by atoms with Crippen molar-refractivity contribution in [2.75, 3.05) is 32.2 Å². The minimum absolute atomic E-state index is 0.0472. The molecule has 0 amide bonds. The Kier molecular flexibility index (Phi) is 6.38. The quantitative estimate of drug-likeness (QED) is 0.327. The number of halogens is 3. The van der Waals surface area contributed by atoms with Gasteiger partial charge in [-0.2, -0.15) is 0 Å². The first kappa shape index (κ1) is 24.4. The number of methoxy groups -OCH3 is 1. The molecule has 0 unspecified atom stereocenters. The van der Waals surface area contributed by atoms with Gasteiger partial charge in [-0.25, -0.2) is 23.1 Å². The van der Waals surface area contributed by atoms with Gasteiger partial charge in [0.05, 0.1) is 25.6 Å². The Morgan fingerprint density at radius 3 is 2.59 bits per heavy atom. The maximum Gasteiger partial charge on any atom is 0.289 e. The molecule has 1 atom stereocenters. The summed E-state index contributed by atoms with van der Waals surface area (Å²) in [5, 5.41) is 12.5. The van der Waals surface area contributed by atoms with Crippen molar-refractivity contribution < 1.29 is 32.5 Å². The summed E-state index contributed by atoms with van der Waals surface area (Å²) < 4.78 is 61.2. The number of aliphatic imine (C=N–C) groups is 1. The molecule has 11 heteroatoms. The van der Waals surface area contributed by atoms with E-state index in [2.05, 4.69) is 20.3 Å². The maximum atomic E-state index is 15.0. The third-order valence-corrected chi connectivity index (χ3v) is 6.01. The lowest BCUT2D eigenvalue weighted by Gasteiger charge is -2.30. The van der Waals surface area contributed by atoms with Crippen LogP contribution in [-0.2, 0) is 4.74 Å². The van der Waals surface area contributed by atoms with E-state index in [1.54, 1.807) is 12.1 Å². The average Bonchev–Trinajstić information content (AvgIpc) is 3.33. The van der Waals surface area contributed by atoms with Crippen LogP contribution in [-0.4, -0.2) is 48.0 Å². The smallest absolute Gasteiger partial charge is 0.289 e. The fraction of sp³-hybridized carbons (Fsp3) is 0.231. The molecule has 2 aromatic heterocycles. The van der Waals surface area contributed by atoms with Gasteiger partial charge in [-0.05, 0) is 12.1 Å². The third kappa shape index (κ3) is 4.65. The van der Waals surface area contributed by atoms with Gasteiger partial charge < -0.3 is 29.6 Å². The van der Waals surface area contributed by atoms with Crippen molar-refractivity contribution in [3.05, 3.63) is 66.2 Å². The first-order chi connectivity index (χ1) is 17.8. The predicted octanol–water partition coefficient (Wildman–Crippen LogP) is 5.24. The highest BCUT2D eigenvalue weighted by molar-refractivity contribution is 5.98. The number of ether oxygens (including phenoxy) is 3. The Morgan fingerprint density at radius 1 is 1.14 bits per heavy atom. The Bertz CT molecular complexity index is 1480. The van der Waals surface area contributed by atoms with Crippen LogP contribution >= 0.6 is 0 Å². The number of fused-ring (bicyclic) bond motifs is 1. The zero-order valence-corrected chi connectivity index (χ0v) is 19.9. The van der Waals surface area contributed by atoms with E-state index in [1.165, 1.54) is 31.6 Å². The molecular formula is C26H23F3N4O4. The molecule has 192 valence electrons. The van der Waals surface area contributed by atoms with E-state index in [-0.39, 0.29) is 42.0 Å². The molecule has 0 spiro atoms. The second kappa shape index (κ2) is 9.66. The third-order valence-electron chi connectivity index (χ3n) is 6.01. The lowest BCUT2D eigenvalue weighted by atomic mass is 9.93. The van der Waals surface area contributed by atoms with Crippen molar-refractivity contribution in [1.82, 2.24) is 9.97 Å². The van der Waals surface area contributed by atoms with Gasteiger partial charge in [0.2, 0.25) is 0 Å². The minimum Gasteiger partial charge on any atom is -0.494 e. The molecule has 2 aromatic carbocycles. The predicted molar refractivity (Wildman–Crippen MR) is 132 cm³/mol. The summed E-state index contributed by atoms with van der Waals surface area (Å²) >= 11 is 0. The summed E-state index contributed by atoms with van der Waals surface area (Å²) in [5.74, 6) is -3.07. The van der Waals surface area contributed by atoms with Crippen molar-refractivity contribution in [1.29, 1.82) is 0 Å². The molecule has 3 N–H and O–H groups in total. The van der Waals surface area contributed by atoms with Gasteiger partial charge in [-0.1, -0.05) is 19.1 Å². The van der Waals surface area contributed by atoms with Gasteiger partial charge in [-0.3, -0.25) is 0 Å². The summed E-state index contributed by atoms with van der Waals surface area (Å²) in [4.78, 5) is 11.3. The normalized spacial score (nSPS) is 17.3. The summed E-state index contributed by atoms with van der Waals surface area (Å²) in [6, 6.07) is 8.28. The number of benzene rings is 2. The number of anilines is 1. The van der Waals surface area contributed by atoms with Crippen molar-refractivity contribution in [2.24, 2.45) is 10.4 Å². The lowest BCUT2D eigenvalue weighted by Crippen LogP contribution is -2.38. The average molecular weight is 512 g/mol. The summed E-state index contributed by atoms with van der Waals surface area (Å²) in [5.41, 5.74) is 0.482. The van der Waals surface area contributed by atoms with Crippen LogP contribution in [0.4, 0.5) is 18.9 Å². The van der Waals surface area contributed by atoms with Crippen molar-refractivity contribution in [3.63, 3.8) is 0 Å². The van der Waals surface area contributed by atoms with Gasteiger partial charge in [0.1, 0.15) is 18.0 Å². The largest absolute Gasteiger partial charge is 0.494 e. The SMILES string of the molecule is COc1cccc(-c2c[nH]c3nccc(Oc4c(F)cc(NC5=NC[C@](C)(CO)CO5)cc4F)c23)c1F. The van der Waals surface area contributed by atoms with E-state index in [1.807, 2.05) is 6.92 Å². The van der Waals surface area contributed by atoms with Crippen LogP contribution in [0.1, 0.15) is 6.92 Å². The summed E-state index contributed by atoms with van der Waals surface area (Å²) in [6.45, 7) is 2.21. The zero-order valence-electron chi connectivity index (χ0n) is 19.9. The molecule has 1 aliphatic rings. The number of nitrogens with one attached hydrogen (secondary N) is 2. The fourth-order valence-electron chi connectivity index (χ4n) is 3.93. The van der Waals surface area contributed by atoms with E-state index in [4.69, 9.17) is 14.2 Å². The molecular weight excluding hydrogens is 489 g/mol. The molecule has 37 heavy (non-hydrogen) atoms. The number of hydrogen-bond donors (Lipinski definition) is 3. The Labute approximate surface area is 209 Å². The number of hydrogen-bond acceptors (Lipinski definition) is 7. The number of H-pyrrole nitrogens is 1. The highest BCUT2D eigenvalue weighted by Gasteiger charge is 2.29. The molecule has 5 rings (SSSR count). The lowest BCUT2D eigenvalue weighted by molar-refractivity contribution is 0.0706. The van der Waals surface area contributed by atoms with Gasteiger partial charge >= 0.3 is 0 Å². The Morgan fingerprint density at radius 2 is 1.92 bits per heavy atom. The van der Waals surface area contributed by atoms with E-state index in [9.17, 15) is 9.50 Å². The topological polar surface area (TPSA) is 101 Å². The molecule has 0 bridgehead atoms. The number of aliphatic hydroxyl groups is 1. The first-order valence-electron chi connectivity index (χ1n) is 11.3. The summed E-state index contributed by atoms with van der Waals surface area (Å²) in [6.07, 6.45) is 2.94. The van der Waals surface area contributed by atoms with Crippen molar-refractivity contribution in [3.8, 4) is 28.4 Å². The van der Waals surface area contributed by atoms with Gasteiger partial charge in [-0.15, -0.1) is 0 Å². The van der Waals surface area contributed by atoms with E-state index < -0.39 is 28.6 Å². The number of aliphatic hydroxyl groups excluding tert-OH is 1. The standard InChI is InChI=1S/C26H23F3N4O4/c1-26(12-34)11-32-25(36-13-26)33-14-8-17(27)23(18(28)9-14)37-19-6-7-30-24-21(19)16(10-31-24)15-4-3-5-20(35-2)22(15)29/h3-10,34H,11-13H2,1-2H3,(H,30,31)(H,32,33)/t26-/m1/s1. The molecule has 0 saturated heterocycles. The monoisotopic (exact) mass is 512 g/mol. The first-order valence-corrected chi connectivity index (χ1v) is 11.3. The molecule has 8 nitrogen and oxygen atoms in total. The number of nitrogens with zero attached hydrogens (tertiary/aromatic N) is 2. The molecule has 0 radical (unpaired) electrons. The Hall–Kier alpha value is -4.25. The molecule has 4 aromatic rings. The number of aromatic nitrogens is 2. The maximum absolute atomic E-state index is 15.0. The zero-order chi connectivity index (χ0) is 26.2. The van der Waals surface area contributed by atoms with Crippen LogP contribution in [0.15, 0.2) is 53.8 Å². The van der Waals surface area contributed by atoms with Crippen molar-refractivity contribution >= 4 is 22.7 Å². The molecule has 0 saturated carbocycles. The van der Waals surface area contributed by atoms with E-state index in [0.29, 0.717) is 23.1 Å². The van der Waals surface area contributed by atoms with Crippen LogP contribution in [0.3, 0.4) is 0 Å². The van der Waals surface area contributed by atoms with Gasteiger partial charge in [0.15, 0.2) is 29.0 Å². The molecule has 3 heterocycles. The number of aromatic amines is 1. The van der Waals surface area contributed by atoms with Crippen LogP contribution in [0.5, 0.6) is 17.2 Å².